The van der Waals surface area contributed by atoms with Crippen LogP contribution in [0, 0.1) is 11.3 Å². The van der Waals surface area contributed by atoms with Gasteiger partial charge in [0.15, 0.2) is 8.07 Å². The summed E-state index contributed by atoms with van der Waals surface area (Å²) in [4.78, 5) is 5.83. The number of nitriles is 1. The average molecular weight is 1620 g/mol. The molecule has 0 unspecified atom stereocenters. The summed E-state index contributed by atoms with van der Waals surface area (Å²) in [5.41, 5.74) is 17.9. The molecule has 6 heterocycles. The van der Waals surface area contributed by atoms with Crippen molar-refractivity contribution in [3.8, 4) is 56.6 Å². The van der Waals surface area contributed by atoms with Gasteiger partial charge < -0.3 is 13.6 Å². The molecule has 24 aromatic rings. The minimum atomic E-state index is -3.14. The molecule has 0 radical (unpaired) electrons. The molecule has 0 amide bonds. The molecular weight excluding hydrogens is 1540 g/mol. The van der Waals surface area contributed by atoms with Gasteiger partial charge in [-0.2, -0.15) is 5.26 Å². The maximum atomic E-state index is 11.1. The van der Waals surface area contributed by atoms with E-state index in [-0.39, 0.29) is 0 Å². The Balaban J connectivity index is 0.000000143. The number of fused-ring (bicyclic) bond motifs is 15. The maximum Gasteiger partial charge on any atom is 0.205 e. The lowest BCUT2D eigenvalue weighted by Gasteiger charge is -2.35. The molecule has 0 aliphatic heterocycles. The van der Waals surface area contributed by atoms with Crippen LogP contribution in [0.3, 0.4) is 0 Å². The Morgan fingerprint density at radius 1 is 0.268 bits per heavy atom. The van der Waals surface area contributed by atoms with Crippen LogP contribution in [0.2, 0.25) is 0 Å². The van der Waals surface area contributed by atoms with Crippen molar-refractivity contribution in [1.29, 1.82) is 5.26 Å². The molecule has 24 rings (SSSR count). The van der Waals surface area contributed by atoms with E-state index in [2.05, 4.69) is 469 Å². The minimum Gasteiger partial charge on any atom is -0.456 e. The van der Waals surface area contributed by atoms with Crippen LogP contribution in [0.15, 0.2) is 459 Å². The fourth-order valence-electron chi connectivity index (χ4n) is 20.0. The normalized spacial score (nSPS) is 11.9. The van der Waals surface area contributed by atoms with E-state index < -0.39 is 16.1 Å². The molecule has 0 aliphatic carbocycles. The summed E-state index contributed by atoms with van der Waals surface area (Å²) in [6.07, 6.45) is 0. The number of aromatic nitrogens is 4. The first-order chi connectivity index (χ1) is 61.0. The van der Waals surface area contributed by atoms with Gasteiger partial charge in [-0.3, -0.25) is 4.57 Å². The zero-order valence-corrected chi connectivity index (χ0v) is 69.7. The first kappa shape index (κ1) is 72.7. The number of para-hydroxylation sites is 7. The van der Waals surface area contributed by atoms with Crippen molar-refractivity contribution in [1.82, 2.24) is 18.7 Å². The molecule has 576 valence electrons. The number of benzene rings is 18. The first-order valence-corrected chi connectivity index (χ1v) is 46.7. The van der Waals surface area contributed by atoms with Gasteiger partial charge >= 0.3 is 0 Å². The number of pyridine rings is 1. The number of thiophene rings is 1. The third-order valence-electron chi connectivity index (χ3n) is 25.3. The fraction of sp³-hybridized carbons (Fsp3) is 0. The zero-order valence-electron chi connectivity index (χ0n) is 66.9. The lowest BCUT2D eigenvalue weighted by molar-refractivity contribution is 0.671. The molecule has 6 nitrogen and oxygen atoms in total. The van der Waals surface area contributed by atoms with Crippen LogP contribution in [-0.4, -0.2) is 34.8 Å². The zero-order chi connectivity index (χ0) is 81.5. The lowest BCUT2D eigenvalue weighted by Crippen LogP contribution is -2.75. The van der Waals surface area contributed by atoms with Gasteiger partial charge in [0, 0.05) is 91.1 Å². The topological polar surface area (TPSA) is 64.6 Å². The van der Waals surface area contributed by atoms with Crippen molar-refractivity contribution >= 4 is 177 Å². The van der Waals surface area contributed by atoms with Crippen LogP contribution < -0.4 is 41.6 Å². The van der Waals surface area contributed by atoms with Gasteiger partial charge in [0.25, 0.3) is 0 Å². The Labute approximate surface area is 716 Å². The predicted octanol–water partition coefficient (Wildman–Crippen LogP) is 24.0. The molecule has 0 N–H and O–H groups in total. The SMILES string of the molecule is N#Cc1c(-c2cccc(-n3c4ccccc4c4ccccc43)c2)cccc1-c1cccc([Si](c2ccccc2)(c2ccccc2)c2cccc3c2sc2ccccc23)c1.c1ccc([Si](c2ccccc2)(c2cccc(-n3c4ccccc4c4cc(-c5cccc(-n6c7ccccc7c7ccccc76)c5)ccc43)n2)c2cccc3c2oc2ccccc23)cc1. The monoisotopic (exact) mass is 1620 g/mol. The van der Waals surface area contributed by atoms with Crippen molar-refractivity contribution in [2.24, 2.45) is 0 Å². The highest BCUT2D eigenvalue weighted by Gasteiger charge is 2.46. The summed E-state index contributed by atoms with van der Waals surface area (Å²) in [6.45, 7) is 0. The molecule has 0 atom stereocenters. The van der Waals surface area contributed by atoms with Gasteiger partial charge in [-0.15, -0.1) is 11.3 Å². The predicted molar refractivity (Wildman–Crippen MR) is 522 cm³/mol. The Kier molecular flexibility index (Phi) is 17.8. The second-order valence-corrected chi connectivity index (χ2v) is 40.3. The second kappa shape index (κ2) is 30.1. The number of nitrogens with zero attached hydrogens (tertiary/aromatic N) is 5. The smallest absolute Gasteiger partial charge is 0.205 e. The summed E-state index contributed by atoms with van der Waals surface area (Å²) >= 11 is 1.90. The molecule has 9 heteroatoms. The highest BCUT2D eigenvalue weighted by Crippen LogP contribution is 2.42. The minimum absolute atomic E-state index is 0.669. The van der Waals surface area contributed by atoms with E-state index >= 15 is 0 Å². The van der Waals surface area contributed by atoms with Crippen LogP contribution in [0.5, 0.6) is 0 Å². The molecular formula is C114H75N5OSSi2. The molecule has 18 aromatic carbocycles. The summed E-state index contributed by atoms with van der Waals surface area (Å²) in [6, 6.07) is 167. The van der Waals surface area contributed by atoms with Crippen molar-refractivity contribution in [3.05, 3.63) is 461 Å². The average Bonchev–Trinajstić information content (AvgIpc) is 1.71. The Bertz CT molecular complexity index is 8120. The van der Waals surface area contributed by atoms with E-state index in [1.807, 2.05) is 17.4 Å². The van der Waals surface area contributed by atoms with Gasteiger partial charge in [0.2, 0.25) is 8.07 Å². The van der Waals surface area contributed by atoms with E-state index in [9.17, 15) is 5.26 Å². The van der Waals surface area contributed by atoms with Gasteiger partial charge in [0.05, 0.1) is 38.7 Å². The molecule has 0 spiro atoms. The molecule has 6 aromatic heterocycles. The van der Waals surface area contributed by atoms with Crippen LogP contribution in [-0.2, 0) is 0 Å². The van der Waals surface area contributed by atoms with Crippen molar-refractivity contribution in [3.63, 3.8) is 0 Å². The van der Waals surface area contributed by atoms with Crippen LogP contribution in [0.4, 0.5) is 0 Å². The number of hydrogen-bond donors (Lipinski definition) is 0. The van der Waals surface area contributed by atoms with E-state index in [0.29, 0.717) is 5.56 Å². The quantitative estimate of drug-likeness (QED) is 0.0805. The Morgan fingerprint density at radius 2 is 0.667 bits per heavy atom. The lowest BCUT2D eigenvalue weighted by atomic mass is 9.92. The highest BCUT2D eigenvalue weighted by atomic mass is 32.1. The number of rotatable bonds is 14. The molecule has 0 aliphatic rings. The molecule has 0 saturated carbocycles. The van der Waals surface area contributed by atoms with Crippen LogP contribution >= 0.6 is 11.3 Å². The Hall–Kier alpha value is -15.5. The van der Waals surface area contributed by atoms with E-state index in [1.54, 1.807) is 0 Å². The van der Waals surface area contributed by atoms with Crippen LogP contribution in [0.25, 0.3) is 158 Å². The summed E-state index contributed by atoms with van der Waals surface area (Å²) in [7, 11) is -6.10. The summed E-state index contributed by atoms with van der Waals surface area (Å²) in [5.74, 6) is 0.880. The van der Waals surface area contributed by atoms with E-state index in [4.69, 9.17) is 9.40 Å². The largest absolute Gasteiger partial charge is 0.456 e. The van der Waals surface area contributed by atoms with E-state index in [0.717, 1.165) is 88.8 Å². The molecule has 0 saturated heterocycles. The summed E-state index contributed by atoms with van der Waals surface area (Å²) in [5, 5.41) is 33.2. The highest BCUT2D eigenvalue weighted by molar-refractivity contribution is 7.30. The van der Waals surface area contributed by atoms with Crippen molar-refractivity contribution in [2.45, 2.75) is 0 Å². The standard InChI is InChI=1S/C59H39N3OSi.C55H36N2SSi/c1-3-20-43(21-4-1)64(44-22-5-2-6-23-44,56-33-16-28-49-48-27-10-14-32-55(48)63-59(49)56)58-35-17-34-57(60-58)62-53-31-13-9-26-47(53)50-39-41(36-37-54(50)62)40-18-15-19-42(38-40)61-51-29-11-7-24-45(51)46-25-8-12-30-52(46)61;56-37-50-44(38-17-13-19-40(35-38)57-51-31-10-7-25-46(51)47-26-8-11-32-52(47)57)28-15-29-45(50)39-18-14-24-43(36-39)59(41-20-3-1-4-21-41,42-22-5-2-6-23-42)54-34-16-30-49-48-27-9-12-33-53(48)58-55(49)54/h1-39H;1-36H. The van der Waals surface area contributed by atoms with Gasteiger partial charge in [-0.1, -0.05) is 364 Å². The third-order valence-corrected chi connectivity index (χ3v) is 36.1. The summed E-state index contributed by atoms with van der Waals surface area (Å²) < 4.78 is 16.6. The molecule has 0 fully saturated rings. The molecule has 0 bridgehead atoms. The van der Waals surface area contributed by atoms with Gasteiger partial charge in [-0.25, -0.2) is 4.98 Å². The van der Waals surface area contributed by atoms with Crippen molar-refractivity contribution < 1.29 is 4.42 Å². The fourth-order valence-corrected chi connectivity index (χ4v) is 31.3. The molecule has 123 heavy (non-hydrogen) atoms. The third kappa shape index (κ3) is 11.7. The van der Waals surface area contributed by atoms with E-state index in [1.165, 1.54) is 111 Å². The van der Waals surface area contributed by atoms with Gasteiger partial charge in [-0.05, 0) is 150 Å². The Morgan fingerprint density at radius 3 is 1.24 bits per heavy atom. The van der Waals surface area contributed by atoms with Gasteiger partial charge in [0.1, 0.15) is 23.1 Å². The first-order valence-electron chi connectivity index (χ1n) is 41.9. The maximum absolute atomic E-state index is 11.1. The van der Waals surface area contributed by atoms with Crippen molar-refractivity contribution in [2.75, 3.05) is 0 Å². The number of furan rings is 1. The second-order valence-electron chi connectivity index (χ2n) is 31.8. The number of hydrogen-bond acceptors (Lipinski definition) is 4. The van der Waals surface area contributed by atoms with Crippen LogP contribution in [0.1, 0.15) is 5.56 Å².